The van der Waals surface area contributed by atoms with E-state index in [-0.39, 0.29) is 18.0 Å². The largest absolute Gasteiger partial charge is 0.480 e. The molecular weight excluding hydrogens is 600 g/mol. The van der Waals surface area contributed by atoms with Crippen LogP contribution in [-0.2, 0) is 19.1 Å². The molecule has 0 rings (SSSR count). The maximum Gasteiger partial charge on any atom is 0.326 e. The fourth-order valence-corrected chi connectivity index (χ4v) is 6.51. The zero-order chi connectivity index (χ0) is 35.3. The Morgan fingerprint density at radius 2 is 0.896 bits per heavy atom. The van der Waals surface area contributed by atoms with Gasteiger partial charge in [0.05, 0.1) is 0 Å². The fraction of sp³-hybridized carbons (Fsp3) is 0.927. The van der Waals surface area contributed by atoms with E-state index < -0.39 is 12.0 Å². The van der Waals surface area contributed by atoms with Crippen LogP contribution in [0.15, 0.2) is 0 Å². The fourth-order valence-electron chi connectivity index (χ4n) is 6.51. The van der Waals surface area contributed by atoms with Crippen molar-refractivity contribution in [3.8, 4) is 0 Å². The van der Waals surface area contributed by atoms with Gasteiger partial charge in [0.1, 0.15) is 12.1 Å². The summed E-state index contributed by atoms with van der Waals surface area (Å²) in [6.45, 7) is 4.94. The highest BCUT2D eigenvalue weighted by Gasteiger charge is 2.19. The van der Waals surface area contributed by atoms with Crippen molar-refractivity contribution in [2.24, 2.45) is 5.73 Å². The Bertz CT molecular complexity index is 732. The predicted molar refractivity (Wildman–Crippen MR) is 202 cm³/mol. The first-order valence-corrected chi connectivity index (χ1v) is 20.9. The van der Waals surface area contributed by atoms with Crippen LogP contribution in [0.1, 0.15) is 226 Å². The van der Waals surface area contributed by atoms with Crippen molar-refractivity contribution in [3.05, 3.63) is 0 Å². The molecule has 0 aromatic carbocycles. The van der Waals surface area contributed by atoms with Crippen molar-refractivity contribution in [2.75, 3.05) is 6.54 Å². The molecule has 0 aromatic heterocycles. The highest BCUT2D eigenvalue weighted by molar-refractivity contribution is 5.83. The third kappa shape index (κ3) is 32.9. The molecule has 7 heteroatoms. The van der Waals surface area contributed by atoms with E-state index in [2.05, 4.69) is 19.2 Å². The first-order chi connectivity index (χ1) is 23.4. The summed E-state index contributed by atoms with van der Waals surface area (Å²) in [6.07, 6.45) is 37.1. The Kier molecular flexibility index (Phi) is 35.4. The SMILES string of the molecule is CCCCCCCCCCCCCCCC(CCCCCCCC(=O)NC(CCCN)C(=O)O)OC(=O)CCCCCCCCCCC. The van der Waals surface area contributed by atoms with E-state index in [1.165, 1.54) is 122 Å². The van der Waals surface area contributed by atoms with Gasteiger partial charge >= 0.3 is 11.9 Å². The van der Waals surface area contributed by atoms with Gasteiger partial charge in [0.2, 0.25) is 5.91 Å². The Morgan fingerprint density at radius 1 is 0.521 bits per heavy atom. The molecule has 7 nitrogen and oxygen atoms in total. The van der Waals surface area contributed by atoms with Crippen LogP contribution in [0.2, 0.25) is 0 Å². The monoisotopic (exact) mass is 681 g/mol. The average molecular weight is 681 g/mol. The number of unbranched alkanes of at least 4 members (excludes halogenated alkanes) is 24. The van der Waals surface area contributed by atoms with E-state index in [1.807, 2.05) is 0 Å². The zero-order valence-electron chi connectivity index (χ0n) is 31.9. The van der Waals surface area contributed by atoms with E-state index >= 15 is 0 Å². The topological polar surface area (TPSA) is 119 Å². The summed E-state index contributed by atoms with van der Waals surface area (Å²) in [7, 11) is 0. The number of carboxylic acid groups (broad SMARTS) is 1. The maximum atomic E-state index is 12.7. The van der Waals surface area contributed by atoms with Crippen molar-refractivity contribution >= 4 is 17.8 Å². The van der Waals surface area contributed by atoms with Crippen LogP contribution in [0.4, 0.5) is 0 Å². The van der Waals surface area contributed by atoms with Crippen molar-refractivity contribution in [1.29, 1.82) is 0 Å². The lowest BCUT2D eigenvalue weighted by Gasteiger charge is -2.18. The van der Waals surface area contributed by atoms with E-state index in [9.17, 15) is 19.5 Å². The summed E-state index contributed by atoms with van der Waals surface area (Å²) in [5.74, 6) is -1.22. The van der Waals surface area contributed by atoms with Gasteiger partial charge in [0.15, 0.2) is 0 Å². The van der Waals surface area contributed by atoms with Gasteiger partial charge in [-0.25, -0.2) is 4.79 Å². The molecule has 284 valence electrons. The van der Waals surface area contributed by atoms with E-state index in [1.54, 1.807) is 0 Å². The Labute approximate surface area is 297 Å². The number of esters is 1. The van der Waals surface area contributed by atoms with Crippen LogP contribution in [0, 0.1) is 0 Å². The highest BCUT2D eigenvalue weighted by atomic mass is 16.5. The minimum Gasteiger partial charge on any atom is -0.480 e. The van der Waals surface area contributed by atoms with Crippen LogP contribution >= 0.6 is 0 Å². The molecular formula is C41H80N2O5. The molecule has 0 aliphatic heterocycles. The standard InChI is InChI=1S/C41H80N2O5/c1-3-5-7-9-11-13-14-15-16-18-19-22-26-31-37(48-40(45)35-29-25-20-17-12-10-8-6-4-2)32-27-23-21-24-28-34-39(44)43-38(41(46)47)33-30-36-42/h37-38H,3-36,42H2,1-2H3,(H,43,44)(H,46,47). The smallest absolute Gasteiger partial charge is 0.326 e. The molecule has 0 bridgehead atoms. The number of rotatable bonds is 38. The van der Waals surface area contributed by atoms with Crippen molar-refractivity contribution in [3.63, 3.8) is 0 Å². The van der Waals surface area contributed by atoms with Gasteiger partial charge in [-0.15, -0.1) is 0 Å². The number of ether oxygens (including phenoxy) is 1. The number of nitrogens with one attached hydrogen (secondary N) is 1. The number of amides is 1. The number of carboxylic acids is 1. The van der Waals surface area contributed by atoms with Crippen LogP contribution in [0.3, 0.4) is 0 Å². The van der Waals surface area contributed by atoms with E-state index in [0.717, 1.165) is 64.2 Å². The summed E-state index contributed by atoms with van der Waals surface area (Å²) in [5.41, 5.74) is 5.48. The molecule has 2 unspecified atom stereocenters. The Hall–Kier alpha value is -1.63. The molecule has 1 amide bonds. The normalized spacial score (nSPS) is 12.6. The van der Waals surface area contributed by atoms with Crippen LogP contribution < -0.4 is 11.1 Å². The molecule has 0 radical (unpaired) electrons. The van der Waals surface area contributed by atoms with Gasteiger partial charge in [0, 0.05) is 12.8 Å². The molecule has 0 spiro atoms. The molecule has 0 saturated heterocycles. The molecule has 0 saturated carbocycles. The number of hydrogen-bond donors (Lipinski definition) is 3. The number of carbonyl (C=O) groups excluding carboxylic acids is 2. The van der Waals surface area contributed by atoms with Gasteiger partial charge in [0.25, 0.3) is 0 Å². The van der Waals surface area contributed by atoms with Crippen molar-refractivity contribution < 1.29 is 24.2 Å². The number of hydrogen-bond acceptors (Lipinski definition) is 5. The molecule has 4 N–H and O–H groups in total. The van der Waals surface area contributed by atoms with Crippen LogP contribution in [-0.4, -0.2) is 41.6 Å². The first-order valence-electron chi connectivity index (χ1n) is 20.9. The summed E-state index contributed by atoms with van der Waals surface area (Å²) in [6, 6.07) is -0.851. The molecule has 0 aliphatic carbocycles. The second-order valence-electron chi connectivity index (χ2n) is 14.4. The highest BCUT2D eigenvalue weighted by Crippen LogP contribution is 2.19. The summed E-state index contributed by atoms with van der Waals surface area (Å²) >= 11 is 0. The molecule has 0 aromatic rings. The molecule has 0 aliphatic rings. The summed E-state index contributed by atoms with van der Waals surface area (Å²) in [5, 5.41) is 11.9. The summed E-state index contributed by atoms with van der Waals surface area (Å²) < 4.78 is 6.03. The second-order valence-corrected chi connectivity index (χ2v) is 14.4. The predicted octanol–water partition coefficient (Wildman–Crippen LogP) is 11.3. The quantitative estimate of drug-likeness (QED) is 0.0441. The van der Waals surface area contributed by atoms with Gasteiger partial charge in [-0.05, 0) is 57.9 Å². The lowest BCUT2D eigenvalue weighted by atomic mass is 10.0. The van der Waals surface area contributed by atoms with Crippen molar-refractivity contribution in [1.82, 2.24) is 5.32 Å². The van der Waals surface area contributed by atoms with Gasteiger partial charge in [-0.1, -0.05) is 162 Å². The van der Waals surface area contributed by atoms with E-state index in [4.69, 9.17) is 10.5 Å². The first kappa shape index (κ1) is 46.4. The van der Waals surface area contributed by atoms with Crippen LogP contribution in [0.5, 0.6) is 0 Å². The lowest BCUT2D eigenvalue weighted by molar-refractivity contribution is -0.150. The lowest BCUT2D eigenvalue weighted by Crippen LogP contribution is -2.40. The minimum absolute atomic E-state index is 0.0187. The minimum atomic E-state index is -1.00. The van der Waals surface area contributed by atoms with E-state index in [0.29, 0.717) is 32.2 Å². The third-order valence-corrected chi connectivity index (χ3v) is 9.67. The number of aliphatic carboxylic acids is 1. The third-order valence-electron chi connectivity index (χ3n) is 9.67. The van der Waals surface area contributed by atoms with Gasteiger partial charge in [-0.3, -0.25) is 9.59 Å². The van der Waals surface area contributed by atoms with Gasteiger partial charge in [-0.2, -0.15) is 0 Å². The molecule has 0 fully saturated rings. The summed E-state index contributed by atoms with van der Waals surface area (Å²) in [4.78, 5) is 36.2. The zero-order valence-corrected chi connectivity index (χ0v) is 31.9. The van der Waals surface area contributed by atoms with Crippen molar-refractivity contribution in [2.45, 2.75) is 238 Å². The second kappa shape index (κ2) is 36.6. The molecule has 48 heavy (non-hydrogen) atoms. The van der Waals surface area contributed by atoms with Gasteiger partial charge < -0.3 is 20.9 Å². The Morgan fingerprint density at radius 3 is 1.29 bits per heavy atom. The number of nitrogens with two attached hydrogens (primary N) is 1. The Balaban J connectivity index is 4.28. The van der Waals surface area contributed by atoms with Crippen LogP contribution in [0.25, 0.3) is 0 Å². The maximum absolute atomic E-state index is 12.7. The molecule has 2 atom stereocenters. The molecule has 0 heterocycles. The number of carbonyl (C=O) groups is 3. The average Bonchev–Trinajstić information content (AvgIpc) is 3.07.